The number of ether oxygens (including phenoxy) is 2. The maximum absolute atomic E-state index is 13.5. The van der Waals surface area contributed by atoms with Crippen molar-refractivity contribution < 1.29 is 23.9 Å². The number of benzene rings is 3. The molecule has 0 bridgehead atoms. The summed E-state index contributed by atoms with van der Waals surface area (Å²) in [4.78, 5) is 40.6. The van der Waals surface area contributed by atoms with E-state index in [1.807, 2.05) is 78.9 Å². The number of fused-ring (bicyclic) bond motifs is 1. The summed E-state index contributed by atoms with van der Waals surface area (Å²) in [5, 5.41) is 2.82. The molecule has 0 aromatic heterocycles. The predicted octanol–water partition coefficient (Wildman–Crippen LogP) is 4.41. The van der Waals surface area contributed by atoms with E-state index < -0.39 is 30.1 Å². The van der Waals surface area contributed by atoms with E-state index in [0.717, 1.165) is 26.7 Å². The third-order valence-electron chi connectivity index (χ3n) is 6.12. The number of nitrogens with one attached hydrogen (secondary N) is 1. The summed E-state index contributed by atoms with van der Waals surface area (Å²) in [6.07, 6.45) is -0.0255. The van der Waals surface area contributed by atoms with Crippen LogP contribution in [-0.2, 0) is 45.1 Å². The molecule has 0 saturated carbocycles. The van der Waals surface area contributed by atoms with Crippen LogP contribution in [0, 0.1) is 0 Å². The molecule has 1 aliphatic rings. The summed E-state index contributed by atoms with van der Waals surface area (Å²) in [6, 6.07) is 22.8. The minimum Gasteiger partial charge on any atom is -0.467 e. The highest BCUT2D eigenvalue weighted by molar-refractivity contribution is 9.10. The number of esters is 1. The summed E-state index contributed by atoms with van der Waals surface area (Å²) in [5.74, 6) is -0.996. The molecular formula is C28H27BrN2O5. The Balaban J connectivity index is 1.53. The molecule has 1 heterocycles. The molecular weight excluding hydrogens is 524 g/mol. The van der Waals surface area contributed by atoms with Crippen molar-refractivity contribution in [3.05, 3.63) is 106 Å². The van der Waals surface area contributed by atoms with Crippen molar-refractivity contribution in [1.82, 2.24) is 10.2 Å². The maximum Gasteiger partial charge on any atom is 0.411 e. The molecule has 2 atom stereocenters. The average molecular weight is 551 g/mol. The van der Waals surface area contributed by atoms with Crippen LogP contribution in [0.2, 0.25) is 0 Å². The van der Waals surface area contributed by atoms with E-state index in [2.05, 4.69) is 21.2 Å². The molecule has 4 rings (SSSR count). The molecule has 7 nitrogen and oxygen atoms in total. The van der Waals surface area contributed by atoms with E-state index in [0.29, 0.717) is 6.42 Å². The molecule has 1 aliphatic heterocycles. The van der Waals surface area contributed by atoms with Gasteiger partial charge >= 0.3 is 12.1 Å². The van der Waals surface area contributed by atoms with Crippen molar-refractivity contribution in [3.63, 3.8) is 0 Å². The van der Waals surface area contributed by atoms with Gasteiger partial charge in [0.15, 0.2) is 0 Å². The van der Waals surface area contributed by atoms with Crippen molar-refractivity contribution in [3.8, 4) is 0 Å². The summed E-state index contributed by atoms with van der Waals surface area (Å²) in [7, 11) is 1.28. The van der Waals surface area contributed by atoms with Crippen LogP contribution in [0.4, 0.5) is 4.79 Å². The number of halogens is 1. The number of amides is 2. The number of rotatable bonds is 7. The average Bonchev–Trinajstić information content (AvgIpc) is 2.90. The predicted molar refractivity (Wildman–Crippen MR) is 138 cm³/mol. The molecule has 0 radical (unpaired) electrons. The van der Waals surface area contributed by atoms with E-state index in [1.165, 1.54) is 12.0 Å². The Bertz CT molecular complexity index is 1230. The second-order valence-corrected chi connectivity index (χ2v) is 9.49. The Morgan fingerprint density at radius 2 is 1.67 bits per heavy atom. The molecule has 1 N–H and O–H groups in total. The first-order valence-corrected chi connectivity index (χ1v) is 12.4. The molecule has 0 spiro atoms. The monoisotopic (exact) mass is 550 g/mol. The molecule has 0 aliphatic carbocycles. The second kappa shape index (κ2) is 11.9. The number of nitrogens with zero attached hydrogens (tertiary/aromatic N) is 1. The van der Waals surface area contributed by atoms with E-state index in [1.54, 1.807) is 0 Å². The minimum absolute atomic E-state index is 0.0971. The Hall–Kier alpha value is -3.65. The molecule has 36 heavy (non-hydrogen) atoms. The first kappa shape index (κ1) is 25.4. The molecule has 0 saturated heterocycles. The number of methoxy groups -OCH3 is 1. The quantitative estimate of drug-likeness (QED) is 0.440. The van der Waals surface area contributed by atoms with E-state index in [9.17, 15) is 14.4 Å². The topological polar surface area (TPSA) is 84.9 Å². The molecule has 0 fully saturated rings. The second-order valence-electron chi connectivity index (χ2n) is 8.58. The van der Waals surface area contributed by atoms with Gasteiger partial charge < -0.3 is 14.8 Å². The van der Waals surface area contributed by atoms with Crippen LogP contribution >= 0.6 is 15.9 Å². The van der Waals surface area contributed by atoms with Crippen molar-refractivity contribution in [2.45, 2.75) is 38.1 Å². The number of hydrogen-bond donors (Lipinski definition) is 1. The Labute approximate surface area is 218 Å². The first-order valence-electron chi connectivity index (χ1n) is 11.6. The van der Waals surface area contributed by atoms with Crippen LogP contribution in [-0.4, -0.2) is 42.1 Å². The zero-order chi connectivity index (χ0) is 25.5. The third kappa shape index (κ3) is 6.31. The van der Waals surface area contributed by atoms with Crippen LogP contribution in [0.15, 0.2) is 83.3 Å². The van der Waals surface area contributed by atoms with Crippen LogP contribution in [0.5, 0.6) is 0 Å². The van der Waals surface area contributed by atoms with Crippen LogP contribution < -0.4 is 5.32 Å². The lowest BCUT2D eigenvalue weighted by molar-refractivity contribution is -0.145. The van der Waals surface area contributed by atoms with Gasteiger partial charge in [-0.15, -0.1) is 0 Å². The molecule has 2 amide bonds. The smallest absolute Gasteiger partial charge is 0.411 e. The number of carbonyl (C=O) groups is 3. The fourth-order valence-corrected chi connectivity index (χ4v) is 4.70. The van der Waals surface area contributed by atoms with E-state index >= 15 is 0 Å². The van der Waals surface area contributed by atoms with E-state index in [-0.39, 0.29) is 19.6 Å². The van der Waals surface area contributed by atoms with Crippen molar-refractivity contribution >= 4 is 33.9 Å². The SMILES string of the molecule is COC(=O)[C@@H](Cc1cccc(Br)c1)NC(=O)[C@@H]1Cc2ccccc2CN1C(=O)OCc1ccccc1. The van der Waals surface area contributed by atoms with Crippen molar-refractivity contribution in [2.75, 3.05) is 7.11 Å². The molecule has 0 unspecified atom stereocenters. The molecule has 3 aromatic rings. The fourth-order valence-electron chi connectivity index (χ4n) is 4.25. The van der Waals surface area contributed by atoms with Gasteiger partial charge in [0, 0.05) is 17.3 Å². The van der Waals surface area contributed by atoms with Gasteiger partial charge in [0.05, 0.1) is 13.7 Å². The highest BCUT2D eigenvalue weighted by atomic mass is 79.9. The van der Waals surface area contributed by atoms with Crippen LogP contribution in [0.3, 0.4) is 0 Å². The normalized spacial score (nSPS) is 15.4. The van der Waals surface area contributed by atoms with Crippen molar-refractivity contribution in [2.24, 2.45) is 0 Å². The maximum atomic E-state index is 13.5. The fraction of sp³-hybridized carbons (Fsp3) is 0.250. The first-order chi connectivity index (χ1) is 17.4. The zero-order valence-corrected chi connectivity index (χ0v) is 21.4. The lowest BCUT2D eigenvalue weighted by atomic mass is 9.93. The van der Waals surface area contributed by atoms with Crippen LogP contribution in [0.25, 0.3) is 0 Å². The number of carbonyl (C=O) groups excluding carboxylic acids is 3. The standard InChI is InChI=1S/C28H27BrN2O5/c1-35-27(33)24(15-20-10-7-13-23(29)14-20)30-26(32)25-16-21-11-5-6-12-22(21)17-31(25)28(34)36-18-19-8-3-2-4-9-19/h2-14,24-25H,15-18H2,1H3,(H,30,32)/t24-,25+/m1/s1. The summed E-state index contributed by atoms with van der Waals surface area (Å²) >= 11 is 3.43. The summed E-state index contributed by atoms with van der Waals surface area (Å²) in [6.45, 7) is 0.330. The molecule has 186 valence electrons. The van der Waals surface area contributed by atoms with Crippen molar-refractivity contribution in [1.29, 1.82) is 0 Å². The van der Waals surface area contributed by atoms with Crippen LogP contribution in [0.1, 0.15) is 22.3 Å². The Morgan fingerprint density at radius 1 is 0.972 bits per heavy atom. The van der Waals surface area contributed by atoms with Gasteiger partial charge in [-0.2, -0.15) is 0 Å². The Morgan fingerprint density at radius 3 is 2.39 bits per heavy atom. The molecule has 3 aromatic carbocycles. The van der Waals surface area contributed by atoms with Gasteiger partial charge in [0.25, 0.3) is 0 Å². The molecule has 8 heteroatoms. The number of hydrogen-bond acceptors (Lipinski definition) is 5. The van der Waals surface area contributed by atoms with Gasteiger partial charge in [-0.05, 0) is 34.4 Å². The highest BCUT2D eigenvalue weighted by Crippen LogP contribution is 2.25. The Kier molecular flexibility index (Phi) is 8.38. The largest absolute Gasteiger partial charge is 0.467 e. The lowest BCUT2D eigenvalue weighted by Gasteiger charge is -2.35. The van der Waals surface area contributed by atoms with E-state index in [4.69, 9.17) is 9.47 Å². The third-order valence-corrected chi connectivity index (χ3v) is 6.62. The van der Waals surface area contributed by atoms with Gasteiger partial charge in [-0.1, -0.05) is 82.7 Å². The van der Waals surface area contributed by atoms with Gasteiger partial charge in [0.2, 0.25) is 5.91 Å². The van der Waals surface area contributed by atoms with Gasteiger partial charge in [-0.25, -0.2) is 9.59 Å². The highest BCUT2D eigenvalue weighted by Gasteiger charge is 2.37. The van der Waals surface area contributed by atoms with Gasteiger partial charge in [-0.3, -0.25) is 9.69 Å². The summed E-state index contributed by atoms with van der Waals surface area (Å²) in [5.41, 5.74) is 3.64. The lowest BCUT2D eigenvalue weighted by Crippen LogP contribution is -2.56. The minimum atomic E-state index is -0.906. The van der Waals surface area contributed by atoms with Gasteiger partial charge in [0.1, 0.15) is 18.7 Å². The summed E-state index contributed by atoms with van der Waals surface area (Å²) < 4.78 is 11.4. The zero-order valence-electron chi connectivity index (χ0n) is 19.9.